The topological polar surface area (TPSA) is 62.5 Å². The van der Waals surface area contributed by atoms with Gasteiger partial charge in [-0.15, -0.1) is 0 Å². The van der Waals surface area contributed by atoms with Crippen LogP contribution in [0, 0.1) is 5.92 Å². The summed E-state index contributed by atoms with van der Waals surface area (Å²) in [6, 6.07) is 14.6. The summed E-state index contributed by atoms with van der Waals surface area (Å²) in [4.78, 5) is 17.2. The highest BCUT2D eigenvalue weighted by Gasteiger charge is 2.38. The van der Waals surface area contributed by atoms with Crippen LogP contribution in [0.4, 0.5) is 0 Å². The molecule has 2 aliphatic rings. The van der Waals surface area contributed by atoms with E-state index < -0.39 is 0 Å². The third-order valence-corrected chi connectivity index (χ3v) is 6.48. The molecule has 2 saturated heterocycles. The molecule has 150 valence electrons. The molecule has 1 amide bonds. The highest BCUT2D eigenvalue weighted by atomic mass is 16.6. The van der Waals surface area contributed by atoms with E-state index in [-0.39, 0.29) is 17.9 Å². The highest BCUT2D eigenvalue weighted by molar-refractivity contribution is 5.82. The van der Waals surface area contributed by atoms with Crippen molar-refractivity contribution >= 4 is 16.9 Å². The Morgan fingerprint density at radius 2 is 1.69 bits per heavy atom. The normalized spacial score (nSPS) is 23.2. The van der Waals surface area contributed by atoms with E-state index in [2.05, 4.69) is 39.5 Å². The molecule has 3 heterocycles. The minimum atomic E-state index is 0.116. The zero-order chi connectivity index (χ0) is 19.8. The second kappa shape index (κ2) is 7.59. The molecule has 0 unspecified atom stereocenters. The lowest BCUT2D eigenvalue weighted by atomic mass is 9.96. The quantitative estimate of drug-likeness (QED) is 0.676. The Bertz CT molecular complexity index is 1010. The zero-order valence-corrected chi connectivity index (χ0v) is 16.8. The molecule has 2 atom stereocenters. The van der Waals surface area contributed by atoms with Crippen molar-refractivity contribution in [3.8, 4) is 11.1 Å². The molecule has 3 aromatic rings. The number of hydrogen-bond donors (Lipinski definition) is 0. The maximum absolute atomic E-state index is 12.8. The van der Waals surface area contributed by atoms with Gasteiger partial charge < -0.3 is 9.80 Å². The number of carbonyl (C=O) groups is 1. The smallest absolute Gasteiger partial charge is 0.227 e. The number of hydrogen-bond acceptors (Lipinski definition) is 5. The van der Waals surface area contributed by atoms with Gasteiger partial charge in [0, 0.05) is 13.6 Å². The molecule has 1 aromatic heterocycles. The number of amides is 1. The predicted molar refractivity (Wildman–Crippen MR) is 111 cm³/mol. The molecule has 2 aliphatic heterocycles. The van der Waals surface area contributed by atoms with Gasteiger partial charge in [0.2, 0.25) is 5.91 Å². The van der Waals surface area contributed by atoms with Crippen LogP contribution in [0.2, 0.25) is 0 Å². The van der Waals surface area contributed by atoms with E-state index in [1.807, 2.05) is 30.1 Å². The first kappa shape index (κ1) is 18.3. The van der Waals surface area contributed by atoms with Gasteiger partial charge in [0.25, 0.3) is 0 Å². The summed E-state index contributed by atoms with van der Waals surface area (Å²) in [5.41, 5.74) is 4.92. The second-order valence-electron chi connectivity index (χ2n) is 8.35. The van der Waals surface area contributed by atoms with Crippen LogP contribution < -0.4 is 0 Å². The van der Waals surface area contributed by atoms with Crippen LogP contribution in [0.15, 0.2) is 47.1 Å². The first-order valence-electron chi connectivity index (χ1n) is 10.5. The lowest BCUT2D eigenvalue weighted by molar-refractivity contribution is -0.131. The van der Waals surface area contributed by atoms with Crippen molar-refractivity contribution in [1.29, 1.82) is 0 Å². The van der Waals surface area contributed by atoms with Gasteiger partial charge in [-0.1, -0.05) is 36.8 Å². The maximum Gasteiger partial charge on any atom is 0.227 e. The number of likely N-dealkylation sites (tertiary alicyclic amines) is 2. The first-order chi connectivity index (χ1) is 14.2. The second-order valence-corrected chi connectivity index (χ2v) is 8.35. The average molecular weight is 390 g/mol. The van der Waals surface area contributed by atoms with Crippen molar-refractivity contribution in [2.24, 2.45) is 5.92 Å². The highest BCUT2D eigenvalue weighted by Crippen LogP contribution is 2.36. The fourth-order valence-corrected chi connectivity index (χ4v) is 4.80. The monoisotopic (exact) mass is 390 g/mol. The Balaban J connectivity index is 1.32. The zero-order valence-electron chi connectivity index (χ0n) is 16.8. The largest absolute Gasteiger partial charge is 0.338 e. The molecule has 0 spiro atoms. The summed E-state index contributed by atoms with van der Waals surface area (Å²) in [6.07, 6.45) is 4.75. The van der Waals surface area contributed by atoms with Crippen molar-refractivity contribution in [2.75, 3.05) is 26.7 Å². The number of carbonyl (C=O) groups excluding carboxylic acids is 1. The minimum Gasteiger partial charge on any atom is -0.338 e. The summed E-state index contributed by atoms with van der Waals surface area (Å²) in [6.45, 7) is 3.18. The number of piperidine rings is 1. The predicted octanol–water partition coefficient (Wildman–Crippen LogP) is 3.90. The Morgan fingerprint density at radius 3 is 2.48 bits per heavy atom. The van der Waals surface area contributed by atoms with E-state index in [1.165, 1.54) is 24.8 Å². The van der Waals surface area contributed by atoms with Gasteiger partial charge in [-0.25, -0.2) is 4.63 Å². The van der Waals surface area contributed by atoms with Crippen LogP contribution in [0.5, 0.6) is 0 Å². The molecule has 0 bridgehead atoms. The number of rotatable bonds is 4. The lowest BCUT2D eigenvalue weighted by Gasteiger charge is -2.28. The molecule has 6 heteroatoms. The van der Waals surface area contributed by atoms with Crippen LogP contribution in [0.3, 0.4) is 0 Å². The summed E-state index contributed by atoms with van der Waals surface area (Å²) in [7, 11) is 1.95. The summed E-state index contributed by atoms with van der Waals surface area (Å²) in [5.74, 6) is 0.401. The van der Waals surface area contributed by atoms with Crippen molar-refractivity contribution in [3.63, 3.8) is 0 Å². The van der Waals surface area contributed by atoms with E-state index in [4.69, 9.17) is 4.63 Å². The SMILES string of the molecule is CN1C(=O)[C@@H](CN2CCCCC2)C[C@H]1c1ccc(-c2ccc3nonc3c2)cc1. The number of fused-ring (bicyclic) bond motifs is 1. The molecule has 0 saturated carbocycles. The maximum atomic E-state index is 12.8. The summed E-state index contributed by atoms with van der Waals surface area (Å²) >= 11 is 0. The molecule has 6 nitrogen and oxygen atoms in total. The van der Waals surface area contributed by atoms with Crippen molar-refractivity contribution in [2.45, 2.75) is 31.7 Å². The molecule has 5 rings (SSSR count). The minimum absolute atomic E-state index is 0.116. The Hall–Kier alpha value is -2.73. The van der Waals surface area contributed by atoms with Gasteiger partial charge in [-0.05, 0) is 71.5 Å². The standard InChI is InChI=1S/C23H26N4O2/c1-26-22(14-19(23(26)28)15-27-11-3-2-4-12-27)17-7-5-16(6-8-17)18-9-10-20-21(13-18)25-29-24-20/h5-10,13,19,22H,2-4,11-12,14-15H2,1H3/t19-,22+/m1/s1. The van der Waals surface area contributed by atoms with Gasteiger partial charge in [-0.2, -0.15) is 0 Å². The summed E-state index contributed by atoms with van der Waals surface area (Å²) < 4.78 is 4.79. The third-order valence-electron chi connectivity index (χ3n) is 6.48. The van der Waals surface area contributed by atoms with E-state index in [9.17, 15) is 4.79 Å². The fraction of sp³-hybridized carbons (Fsp3) is 0.435. The van der Waals surface area contributed by atoms with Crippen LogP contribution in [0.1, 0.15) is 37.3 Å². The Labute approximate surface area is 170 Å². The molecular weight excluding hydrogens is 364 g/mol. The molecule has 0 aliphatic carbocycles. The van der Waals surface area contributed by atoms with Gasteiger partial charge in [0.15, 0.2) is 0 Å². The molecule has 2 aromatic carbocycles. The Morgan fingerprint density at radius 1 is 0.966 bits per heavy atom. The van der Waals surface area contributed by atoms with Gasteiger partial charge in [-0.3, -0.25) is 4.79 Å². The van der Waals surface area contributed by atoms with E-state index in [0.717, 1.165) is 48.2 Å². The molecule has 0 N–H and O–H groups in total. The van der Waals surface area contributed by atoms with Crippen LogP contribution >= 0.6 is 0 Å². The average Bonchev–Trinajstić information content (AvgIpc) is 3.34. The van der Waals surface area contributed by atoms with Crippen LogP contribution in [-0.2, 0) is 4.79 Å². The van der Waals surface area contributed by atoms with E-state index >= 15 is 0 Å². The summed E-state index contributed by atoms with van der Waals surface area (Å²) in [5, 5.41) is 7.78. The van der Waals surface area contributed by atoms with Gasteiger partial charge in [0.05, 0.1) is 12.0 Å². The lowest BCUT2D eigenvalue weighted by Crippen LogP contribution is -2.36. The van der Waals surface area contributed by atoms with Crippen molar-refractivity contribution in [3.05, 3.63) is 48.0 Å². The number of benzene rings is 2. The third kappa shape index (κ3) is 3.53. The molecular formula is C23H26N4O2. The number of aromatic nitrogens is 2. The van der Waals surface area contributed by atoms with Crippen LogP contribution in [-0.4, -0.2) is 52.7 Å². The van der Waals surface area contributed by atoms with Crippen molar-refractivity contribution < 1.29 is 9.42 Å². The van der Waals surface area contributed by atoms with Gasteiger partial charge in [0.1, 0.15) is 11.0 Å². The molecule has 29 heavy (non-hydrogen) atoms. The van der Waals surface area contributed by atoms with E-state index in [0.29, 0.717) is 0 Å². The molecule has 2 fully saturated rings. The van der Waals surface area contributed by atoms with Gasteiger partial charge >= 0.3 is 0 Å². The first-order valence-corrected chi connectivity index (χ1v) is 10.5. The molecule has 0 radical (unpaired) electrons. The fourth-order valence-electron chi connectivity index (χ4n) is 4.80. The van der Waals surface area contributed by atoms with Crippen LogP contribution in [0.25, 0.3) is 22.2 Å². The van der Waals surface area contributed by atoms with E-state index in [1.54, 1.807) is 0 Å². The van der Waals surface area contributed by atoms with Crippen molar-refractivity contribution in [1.82, 2.24) is 20.1 Å². The number of nitrogens with zero attached hydrogens (tertiary/aromatic N) is 4. The Kier molecular flexibility index (Phi) is 4.79.